The van der Waals surface area contributed by atoms with Gasteiger partial charge in [-0.05, 0) is 20.3 Å². The van der Waals surface area contributed by atoms with Gasteiger partial charge in [0.2, 0.25) is 0 Å². The molecule has 0 radical (unpaired) electrons. The van der Waals surface area contributed by atoms with Gasteiger partial charge >= 0.3 is 5.97 Å². The quantitative estimate of drug-likeness (QED) is 0.280. The van der Waals surface area contributed by atoms with Gasteiger partial charge in [0.25, 0.3) is 6.47 Å². The molecular formula is C11H21NO4. The number of unbranched alkanes of at least 4 members (excludes halogenated alkanes) is 2. The Labute approximate surface area is 96.5 Å². The monoisotopic (exact) mass is 231 g/mol. The second kappa shape index (κ2) is 8.10. The second-order valence-electron chi connectivity index (χ2n) is 4.01. The van der Waals surface area contributed by atoms with Crippen molar-refractivity contribution in [2.75, 3.05) is 13.2 Å². The lowest BCUT2D eigenvalue weighted by atomic mass is 10.3. The van der Waals surface area contributed by atoms with Crippen molar-refractivity contribution >= 4 is 12.4 Å². The summed E-state index contributed by atoms with van der Waals surface area (Å²) in [6, 6.07) is 0. The molecule has 0 aliphatic heterocycles. The van der Waals surface area contributed by atoms with E-state index in [1.807, 2.05) is 0 Å². The Morgan fingerprint density at radius 3 is 2.62 bits per heavy atom. The summed E-state index contributed by atoms with van der Waals surface area (Å²) in [5.41, 5.74) is -0.843. The Morgan fingerprint density at radius 2 is 2.06 bits per heavy atom. The van der Waals surface area contributed by atoms with Crippen molar-refractivity contribution < 1.29 is 19.1 Å². The van der Waals surface area contributed by atoms with Crippen molar-refractivity contribution in [1.82, 2.24) is 5.32 Å². The van der Waals surface area contributed by atoms with Crippen LogP contribution in [0, 0.1) is 0 Å². The summed E-state index contributed by atoms with van der Waals surface area (Å²) in [5, 5.41) is 2.77. The van der Waals surface area contributed by atoms with Gasteiger partial charge in [-0.15, -0.1) is 0 Å². The van der Waals surface area contributed by atoms with E-state index in [1.54, 1.807) is 13.8 Å². The van der Waals surface area contributed by atoms with Crippen molar-refractivity contribution in [2.24, 2.45) is 0 Å². The molecule has 0 aromatic rings. The van der Waals surface area contributed by atoms with E-state index in [0.717, 1.165) is 19.3 Å². The fourth-order valence-electron chi connectivity index (χ4n) is 1.04. The smallest absolute Gasteiger partial charge is 0.320 e. The van der Waals surface area contributed by atoms with E-state index in [9.17, 15) is 9.59 Å². The van der Waals surface area contributed by atoms with E-state index >= 15 is 0 Å². The van der Waals surface area contributed by atoms with Crippen molar-refractivity contribution in [2.45, 2.75) is 45.8 Å². The van der Waals surface area contributed by atoms with Crippen LogP contribution in [0.4, 0.5) is 0 Å². The first-order valence-corrected chi connectivity index (χ1v) is 5.54. The summed E-state index contributed by atoms with van der Waals surface area (Å²) in [6.45, 7) is 6.23. The minimum absolute atomic E-state index is 0.0347. The predicted octanol–water partition coefficient (Wildman–Crippen LogP) is 1.22. The highest BCUT2D eigenvalue weighted by Crippen LogP contribution is 2.01. The number of hydrogen-bond donors (Lipinski definition) is 1. The first-order valence-electron chi connectivity index (χ1n) is 5.54. The van der Waals surface area contributed by atoms with Crippen LogP contribution in [0.3, 0.4) is 0 Å². The van der Waals surface area contributed by atoms with Gasteiger partial charge in [0.15, 0.2) is 5.72 Å². The Kier molecular flexibility index (Phi) is 7.54. The molecule has 0 aliphatic rings. The van der Waals surface area contributed by atoms with Crippen LogP contribution in [0.5, 0.6) is 0 Å². The molecule has 0 saturated carbocycles. The van der Waals surface area contributed by atoms with E-state index in [0.29, 0.717) is 13.1 Å². The molecule has 5 heteroatoms. The summed E-state index contributed by atoms with van der Waals surface area (Å²) in [6.07, 6.45) is 3.03. The minimum Gasteiger partial charge on any atom is -0.465 e. The normalized spacial score (nSPS) is 10.9. The van der Waals surface area contributed by atoms with Gasteiger partial charge < -0.3 is 9.47 Å². The Hall–Kier alpha value is -1.10. The molecule has 0 fully saturated rings. The zero-order chi connectivity index (χ0) is 12.4. The Balaban J connectivity index is 3.60. The summed E-state index contributed by atoms with van der Waals surface area (Å²) >= 11 is 0. The van der Waals surface area contributed by atoms with Crippen LogP contribution >= 0.6 is 0 Å². The maximum absolute atomic E-state index is 11.2. The van der Waals surface area contributed by atoms with E-state index in [2.05, 4.69) is 12.2 Å². The summed E-state index contributed by atoms with van der Waals surface area (Å²) in [4.78, 5) is 21.4. The standard InChI is InChI=1S/C11H21NO4/c1-4-5-6-7-15-10(14)8-12-11(2,3)16-9-13/h9,12H,4-8H2,1-3H3. The predicted molar refractivity (Wildman–Crippen MR) is 59.7 cm³/mol. The molecule has 0 saturated heterocycles. The third kappa shape index (κ3) is 8.23. The molecule has 0 aromatic carbocycles. The molecule has 1 N–H and O–H groups in total. The highest BCUT2D eigenvalue weighted by Gasteiger charge is 2.19. The van der Waals surface area contributed by atoms with E-state index < -0.39 is 5.72 Å². The number of rotatable bonds is 9. The van der Waals surface area contributed by atoms with Crippen LogP contribution in [0.15, 0.2) is 0 Å². The SMILES string of the molecule is CCCCCOC(=O)CNC(C)(C)OC=O. The fourth-order valence-corrected chi connectivity index (χ4v) is 1.04. The molecule has 0 unspecified atom stereocenters. The average Bonchev–Trinajstić information content (AvgIpc) is 2.22. The zero-order valence-electron chi connectivity index (χ0n) is 10.2. The zero-order valence-corrected chi connectivity index (χ0v) is 10.2. The molecule has 0 amide bonds. The minimum atomic E-state index is -0.843. The van der Waals surface area contributed by atoms with Gasteiger partial charge in [-0.25, -0.2) is 0 Å². The number of nitrogens with one attached hydrogen (secondary N) is 1. The maximum atomic E-state index is 11.2. The number of carbonyl (C=O) groups excluding carboxylic acids is 2. The van der Waals surface area contributed by atoms with E-state index in [4.69, 9.17) is 9.47 Å². The average molecular weight is 231 g/mol. The van der Waals surface area contributed by atoms with Gasteiger partial charge in [-0.1, -0.05) is 19.8 Å². The number of esters is 1. The van der Waals surface area contributed by atoms with Crippen LogP contribution in [0.25, 0.3) is 0 Å². The fraction of sp³-hybridized carbons (Fsp3) is 0.818. The molecule has 5 nitrogen and oxygen atoms in total. The maximum Gasteiger partial charge on any atom is 0.320 e. The number of hydrogen-bond acceptors (Lipinski definition) is 5. The second-order valence-corrected chi connectivity index (χ2v) is 4.01. The number of carbonyl (C=O) groups is 2. The lowest BCUT2D eigenvalue weighted by Gasteiger charge is -2.23. The highest BCUT2D eigenvalue weighted by molar-refractivity contribution is 5.71. The van der Waals surface area contributed by atoms with Gasteiger partial charge in [0.1, 0.15) is 0 Å². The van der Waals surface area contributed by atoms with Gasteiger partial charge in [-0.2, -0.15) is 0 Å². The topological polar surface area (TPSA) is 64.6 Å². The number of ether oxygens (including phenoxy) is 2. The van der Waals surface area contributed by atoms with Crippen LogP contribution in [0.1, 0.15) is 40.0 Å². The van der Waals surface area contributed by atoms with Crippen LogP contribution < -0.4 is 5.32 Å². The molecule has 0 aromatic heterocycles. The van der Waals surface area contributed by atoms with Crippen molar-refractivity contribution in [3.63, 3.8) is 0 Å². The largest absolute Gasteiger partial charge is 0.465 e. The molecule has 0 atom stereocenters. The van der Waals surface area contributed by atoms with Gasteiger partial charge in [0, 0.05) is 0 Å². The summed E-state index contributed by atoms with van der Waals surface area (Å²) in [5.74, 6) is -0.335. The van der Waals surface area contributed by atoms with Crippen LogP contribution in [0.2, 0.25) is 0 Å². The molecule has 0 bridgehead atoms. The lowest BCUT2D eigenvalue weighted by molar-refractivity contribution is -0.150. The first kappa shape index (κ1) is 14.9. The molecular weight excluding hydrogens is 210 g/mol. The Bertz CT molecular complexity index is 216. The first-order chi connectivity index (χ1) is 7.52. The lowest BCUT2D eigenvalue weighted by Crippen LogP contribution is -2.44. The Morgan fingerprint density at radius 1 is 1.38 bits per heavy atom. The molecule has 94 valence electrons. The van der Waals surface area contributed by atoms with Crippen LogP contribution in [-0.2, 0) is 19.1 Å². The van der Waals surface area contributed by atoms with Crippen molar-refractivity contribution in [3.8, 4) is 0 Å². The molecule has 0 aliphatic carbocycles. The summed E-state index contributed by atoms with van der Waals surface area (Å²) < 4.78 is 9.70. The molecule has 0 rings (SSSR count). The van der Waals surface area contributed by atoms with E-state index in [1.165, 1.54) is 0 Å². The summed E-state index contributed by atoms with van der Waals surface area (Å²) in [7, 11) is 0. The van der Waals surface area contributed by atoms with Crippen molar-refractivity contribution in [1.29, 1.82) is 0 Å². The molecule has 16 heavy (non-hydrogen) atoms. The van der Waals surface area contributed by atoms with Gasteiger partial charge in [-0.3, -0.25) is 14.9 Å². The third-order valence-electron chi connectivity index (χ3n) is 2.01. The molecule has 0 spiro atoms. The third-order valence-corrected chi connectivity index (χ3v) is 2.01. The highest BCUT2D eigenvalue weighted by atomic mass is 16.6. The molecule has 0 heterocycles. The van der Waals surface area contributed by atoms with Crippen LogP contribution in [-0.4, -0.2) is 31.3 Å². The van der Waals surface area contributed by atoms with Gasteiger partial charge in [0.05, 0.1) is 13.2 Å². The van der Waals surface area contributed by atoms with E-state index in [-0.39, 0.29) is 12.5 Å². The van der Waals surface area contributed by atoms with Crippen molar-refractivity contribution in [3.05, 3.63) is 0 Å².